The van der Waals surface area contributed by atoms with Gasteiger partial charge in [0.15, 0.2) is 5.78 Å². The van der Waals surface area contributed by atoms with E-state index in [4.69, 9.17) is 5.11 Å². The number of hydrogen-bond donors (Lipinski definition) is 6. The summed E-state index contributed by atoms with van der Waals surface area (Å²) in [5, 5.41) is 59.2. The normalized spacial score (nSPS) is 18.2. The van der Waals surface area contributed by atoms with Gasteiger partial charge in [-0.2, -0.15) is 0 Å². The minimum absolute atomic E-state index is 0.746. The van der Waals surface area contributed by atoms with Crippen LogP contribution < -0.4 is 10.4 Å². The first-order chi connectivity index (χ1) is 9.61. The summed E-state index contributed by atoms with van der Waals surface area (Å²) in [6.07, 6.45) is -8.50. The molecule has 0 aliphatic heterocycles. The topological polar surface area (TPSA) is 187 Å². The number of carboxylic acids is 1. The van der Waals surface area contributed by atoms with Gasteiger partial charge in [0.2, 0.25) is 5.91 Å². The highest BCUT2D eigenvalue weighted by Crippen LogP contribution is 2.11. The highest BCUT2D eigenvalue weighted by molar-refractivity contribution is 6.31. The molecule has 1 amide bonds. The summed E-state index contributed by atoms with van der Waals surface area (Å²) in [7, 11) is 0. The predicted octanol–water partition coefficient (Wildman–Crippen LogP) is -5.36. The Kier molecular flexibility index (Phi) is 7.99. The Balaban J connectivity index is 5.04. The molecule has 0 spiro atoms. The fraction of sp³-hybridized carbons (Fsp3) is 0.727. The summed E-state index contributed by atoms with van der Waals surface area (Å²) in [5.41, 5.74) is 0. The van der Waals surface area contributed by atoms with Gasteiger partial charge in [0.25, 0.3) is 0 Å². The van der Waals surface area contributed by atoms with E-state index in [2.05, 4.69) is 0 Å². The Morgan fingerprint density at radius 2 is 1.57 bits per heavy atom. The van der Waals surface area contributed by atoms with Crippen molar-refractivity contribution < 1.29 is 45.0 Å². The summed E-state index contributed by atoms with van der Waals surface area (Å²) >= 11 is 0. The molecule has 0 aliphatic carbocycles. The van der Waals surface area contributed by atoms with Crippen LogP contribution in [0.25, 0.3) is 0 Å². The number of aliphatic hydroxyl groups is 5. The second-order valence-electron chi connectivity index (χ2n) is 4.44. The smallest absolute Gasteiger partial charge is 0.217 e. The van der Waals surface area contributed by atoms with Crippen molar-refractivity contribution in [2.45, 2.75) is 43.8 Å². The van der Waals surface area contributed by atoms with Crippen molar-refractivity contribution in [1.82, 2.24) is 5.32 Å². The average molecular weight is 308 g/mol. The van der Waals surface area contributed by atoms with E-state index < -0.39 is 61.1 Å². The van der Waals surface area contributed by atoms with Crippen LogP contribution in [0.15, 0.2) is 0 Å². The van der Waals surface area contributed by atoms with Crippen LogP contribution in [0.3, 0.4) is 0 Å². The number of nitrogens with one attached hydrogen (secondary N) is 1. The Morgan fingerprint density at radius 3 is 1.95 bits per heavy atom. The monoisotopic (exact) mass is 308 g/mol. The van der Waals surface area contributed by atoms with Crippen LogP contribution in [-0.2, 0) is 14.4 Å². The SMILES string of the molecule is CC(=O)N[C@@H]([C@@H](O)[C@H](O)[C@H](O)CO)[C@@H](O)CC(=O)C(=O)[O-]. The Bertz CT molecular complexity index is 386. The number of rotatable bonds is 9. The van der Waals surface area contributed by atoms with E-state index in [9.17, 15) is 39.9 Å². The molecular formula is C11H18NO9-. The average Bonchev–Trinajstić information content (AvgIpc) is 2.41. The number of carbonyl (C=O) groups excluding carboxylic acids is 3. The van der Waals surface area contributed by atoms with Crippen molar-refractivity contribution >= 4 is 17.7 Å². The minimum atomic E-state index is -2.05. The maximum absolute atomic E-state index is 11.0. The lowest BCUT2D eigenvalue weighted by Gasteiger charge is -2.32. The van der Waals surface area contributed by atoms with Gasteiger partial charge in [-0.15, -0.1) is 0 Å². The number of carbonyl (C=O) groups is 3. The molecule has 6 N–H and O–H groups in total. The summed E-state index contributed by atoms with van der Waals surface area (Å²) in [5.74, 6) is -4.27. The third-order valence-electron chi connectivity index (χ3n) is 2.71. The van der Waals surface area contributed by atoms with Crippen LogP contribution in [-0.4, -0.2) is 80.3 Å². The molecule has 0 saturated carbocycles. The van der Waals surface area contributed by atoms with Crippen LogP contribution in [0, 0.1) is 0 Å². The maximum atomic E-state index is 11.0. The van der Waals surface area contributed by atoms with E-state index in [-0.39, 0.29) is 0 Å². The first-order valence-electron chi connectivity index (χ1n) is 5.96. The molecule has 10 nitrogen and oxygen atoms in total. The quantitative estimate of drug-likeness (QED) is 0.226. The largest absolute Gasteiger partial charge is 0.542 e. The number of aliphatic carboxylic acids is 1. The molecule has 0 rings (SSSR count). The molecule has 0 unspecified atom stereocenters. The third kappa shape index (κ3) is 6.14. The second kappa shape index (κ2) is 8.64. The lowest BCUT2D eigenvalue weighted by atomic mass is 9.94. The van der Waals surface area contributed by atoms with E-state index in [0.717, 1.165) is 6.92 Å². The summed E-state index contributed by atoms with van der Waals surface area (Å²) in [6.45, 7) is 0.112. The van der Waals surface area contributed by atoms with Gasteiger partial charge >= 0.3 is 0 Å². The van der Waals surface area contributed by atoms with E-state index in [1.54, 1.807) is 0 Å². The van der Waals surface area contributed by atoms with E-state index in [1.165, 1.54) is 0 Å². The molecule has 0 saturated heterocycles. The minimum Gasteiger partial charge on any atom is -0.542 e. The number of ketones is 1. The fourth-order valence-electron chi connectivity index (χ4n) is 1.59. The molecule has 0 aromatic heterocycles. The van der Waals surface area contributed by atoms with Crippen LogP contribution in [0.2, 0.25) is 0 Å². The number of Topliss-reactive ketones (excluding diaryl/α,β-unsaturated/α-hetero) is 1. The number of hydrogen-bond acceptors (Lipinski definition) is 9. The Labute approximate surface area is 119 Å². The lowest BCUT2D eigenvalue weighted by molar-refractivity contribution is -0.300. The van der Waals surface area contributed by atoms with Crippen molar-refractivity contribution in [3.05, 3.63) is 0 Å². The second-order valence-corrected chi connectivity index (χ2v) is 4.44. The van der Waals surface area contributed by atoms with Crippen molar-refractivity contribution in [2.75, 3.05) is 6.61 Å². The zero-order chi connectivity index (χ0) is 16.7. The number of aliphatic hydroxyl groups excluding tert-OH is 5. The van der Waals surface area contributed by atoms with Gasteiger partial charge in [-0.3, -0.25) is 9.59 Å². The summed E-state index contributed by atoms with van der Waals surface area (Å²) in [6, 6.07) is -1.64. The van der Waals surface area contributed by atoms with Gasteiger partial charge in [0.05, 0.1) is 18.8 Å². The summed E-state index contributed by atoms with van der Waals surface area (Å²) in [4.78, 5) is 32.3. The lowest BCUT2D eigenvalue weighted by Crippen LogP contribution is -2.58. The molecule has 21 heavy (non-hydrogen) atoms. The van der Waals surface area contributed by atoms with Crippen LogP contribution in [0.4, 0.5) is 0 Å². The number of carboxylic acid groups (broad SMARTS) is 1. The van der Waals surface area contributed by atoms with E-state index in [0.29, 0.717) is 0 Å². The molecule has 10 heteroatoms. The third-order valence-corrected chi connectivity index (χ3v) is 2.71. The van der Waals surface area contributed by atoms with E-state index in [1.807, 2.05) is 5.32 Å². The van der Waals surface area contributed by atoms with Crippen molar-refractivity contribution in [2.24, 2.45) is 0 Å². The van der Waals surface area contributed by atoms with E-state index >= 15 is 0 Å². The number of amides is 1. The first kappa shape index (κ1) is 19.4. The van der Waals surface area contributed by atoms with Crippen LogP contribution in [0.5, 0.6) is 0 Å². The molecule has 5 atom stereocenters. The van der Waals surface area contributed by atoms with Crippen LogP contribution in [0.1, 0.15) is 13.3 Å². The molecule has 0 aromatic carbocycles. The van der Waals surface area contributed by atoms with Gasteiger partial charge in [-0.1, -0.05) is 0 Å². The molecular weight excluding hydrogens is 290 g/mol. The van der Waals surface area contributed by atoms with Gasteiger partial charge in [-0.25, -0.2) is 0 Å². The molecule has 0 heterocycles. The van der Waals surface area contributed by atoms with Crippen molar-refractivity contribution in [3.8, 4) is 0 Å². The van der Waals surface area contributed by atoms with Crippen molar-refractivity contribution in [1.29, 1.82) is 0 Å². The molecule has 0 radical (unpaired) electrons. The highest BCUT2D eigenvalue weighted by Gasteiger charge is 2.36. The zero-order valence-corrected chi connectivity index (χ0v) is 11.2. The van der Waals surface area contributed by atoms with Crippen molar-refractivity contribution in [3.63, 3.8) is 0 Å². The molecule has 0 aromatic rings. The zero-order valence-electron chi connectivity index (χ0n) is 11.2. The van der Waals surface area contributed by atoms with Crippen LogP contribution >= 0.6 is 0 Å². The summed E-state index contributed by atoms with van der Waals surface area (Å²) < 4.78 is 0. The molecule has 0 bridgehead atoms. The molecule has 0 aliphatic rings. The van der Waals surface area contributed by atoms with Gasteiger partial charge in [0, 0.05) is 13.3 Å². The predicted molar refractivity (Wildman–Crippen MR) is 63.3 cm³/mol. The van der Waals surface area contributed by atoms with Gasteiger partial charge < -0.3 is 40.8 Å². The molecule has 0 fully saturated rings. The first-order valence-corrected chi connectivity index (χ1v) is 5.96. The highest BCUT2D eigenvalue weighted by atomic mass is 16.4. The van der Waals surface area contributed by atoms with Gasteiger partial charge in [0.1, 0.15) is 24.3 Å². The van der Waals surface area contributed by atoms with Gasteiger partial charge in [-0.05, 0) is 0 Å². The Morgan fingerprint density at radius 1 is 1.05 bits per heavy atom. The molecule has 122 valence electrons. The fourth-order valence-corrected chi connectivity index (χ4v) is 1.59. The maximum Gasteiger partial charge on any atom is 0.217 e. The standard InChI is InChI=1S/C11H19NO9/c1-4(14)12-8(5(15)2-6(16)11(20)21)10(19)9(18)7(17)3-13/h5,7-10,13,15,17-19H,2-3H2,1H3,(H,12,14)(H,20,21)/p-1/t5-,7+,8+,9+,10+/m0/s1. The Hall–Kier alpha value is -1.59.